The number of thiophene rings is 1. The Kier molecular flexibility index (Phi) is 5.08. The van der Waals surface area contributed by atoms with E-state index in [0.717, 1.165) is 13.0 Å². The molecule has 120 valence electrons. The molecule has 0 fully saturated rings. The molecule has 0 bridgehead atoms. The maximum atomic E-state index is 12.3. The van der Waals surface area contributed by atoms with Gasteiger partial charge in [0.1, 0.15) is 0 Å². The van der Waals surface area contributed by atoms with Crippen LogP contribution in [0.5, 0.6) is 0 Å². The second-order valence-electron chi connectivity index (χ2n) is 5.71. The Morgan fingerprint density at radius 1 is 1.17 bits per heavy atom. The Labute approximate surface area is 140 Å². The normalized spacial score (nSPS) is 13.5. The largest absolute Gasteiger partial charge is 0.352 e. The number of benzene rings is 1. The van der Waals surface area contributed by atoms with Crippen molar-refractivity contribution in [2.24, 2.45) is 0 Å². The molecule has 0 atom stereocenters. The average molecular weight is 328 g/mol. The fourth-order valence-electron chi connectivity index (χ4n) is 2.80. The van der Waals surface area contributed by atoms with Crippen molar-refractivity contribution in [3.8, 4) is 0 Å². The van der Waals surface area contributed by atoms with E-state index in [1.165, 1.54) is 22.5 Å². The first kappa shape index (κ1) is 15.7. The summed E-state index contributed by atoms with van der Waals surface area (Å²) < 4.78 is 0. The number of hydrogen-bond acceptors (Lipinski definition) is 3. The molecule has 1 N–H and O–H groups in total. The highest BCUT2D eigenvalue weighted by Crippen LogP contribution is 2.19. The Hall–Kier alpha value is -2.14. The van der Waals surface area contributed by atoms with Gasteiger partial charge in [-0.1, -0.05) is 24.3 Å². The summed E-state index contributed by atoms with van der Waals surface area (Å²) in [6, 6.07) is 10.1. The van der Waals surface area contributed by atoms with Crippen LogP contribution in [0.15, 0.2) is 41.1 Å². The summed E-state index contributed by atoms with van der Waals surface area (Å²) in [6.45, 7) is 2.03. The number of hydrogen-bond donors (Lipinski definition) is 1. The highest BCUT2D eigenvalue weighted by atomic mass is 32.1. The molecule has 2 aromatic rings. The van der Waals surface area contributed by atoms with Crippen LogP contribution in [0.1, 0.15) is 34.3 Å². The first-order chi connectivity index (χ1) is 11.2. The van der Waals surface area contributed by atoms with Crippen LogP contribution in [-0.2, 0) is 17.8 Å². The van der Waals surface area contributed by atoms with E-state index in [-0.39, 0.29) is 11.8 Å². The van der Waals surface area contributed by atoms with Crippen molar-refractivity contribution in [3.63, 3.8) is 0 Å². The number of nitrogens with one attached hydrogen (secondary N) is 1. The first-order valence-electron chi connectivity index (χ1n) is 7.89. The fourth-order valence-corrected chi connectivity index (χ4v) is 3.44. The maximum absolute atomic E-state index is 12.3. The Bertz CT molecular complexity index is 682. The fraction of sp³-hybridized carbons (Fsp3) is 0.333. The van der Waals surface area contributed by atoms with Crippen LogP contribution in [-0.4, -0.2) is 29.8 Å². The van der Waals surface area contributed by atoms with E-state index in [0.29, 0.717) is 31.5 Å². The number of nitrogens with zero attached hydrogens (tertiary/aromatic N) is 1. The molecule has 2 heterocycles. The number of carbonyl (C=O) groups is 2. The number of amides is 2. The van der Waals surface area contributed by atoms with Crippen molar-refractivity contribution in [3.05, 3.63) is 57.8 Å². The molecule has 3 rings (SSSR count). The van der Waals surface area contributed by atoms with Gasteiger partial charge in [0.25, 0.3) is 5.91 Å². The topological polar surface area (TPSA) is 49.4 Å². The standard InChI is InChI=1S/C18H20N2O2S/c21-17(6-3-9-19-18(22)16-8-11-23-13-16)20-10-7-14-4-1-2-5-15(14)12-20/h1-2,4-5,8,11,13H,3,6-7,9-10,12H2,(H,19,22). The van der Waals surface area contributed by atoms with E-state index >= 15 is 0 Å². The highest BCUT2D eigenvalue weighted by molar-refractivity contribution is 7.08. The molecule has 2 amide bonds. The minimum atomic E-state index is -0.0643. The molecule has 0 spiro atoms. The molecule has 1 aromatic carbocycles. The zero-order valence-corrected chi connectivity index (χ0v) is 13.8. The second-order valence-corrected chi connectivity index (χ2v) is 6.49. The molecule has 0 saturated carbocycles. The maximum Gasteiger partial charge on any atom is 0.252 e. The molecule has 1 aliphatic heterocycles. The second kappa shape index (κ2) is 7.42. The van der Waals surface area contributed by atoms with Crippen molar-refractivity contribution in [1.82, 2.24) is 10.2 Å². The number of rotatable bonds is 5. The van der Waals surface area contributed by atoms with Crippen LogP contribution in [0.3, 0.4) is 0 Å². The molecule has 5 heteroatoms. The minimum Gasteiger partial charge on any atom is -0.352 e. The molecule has 1 aliphatic rings. The molecule has 0 radical (unpaired) electrons. The minimum absolute atomic E-state index is 0.0643. The molecule has 0 aliphatic carbocycles. The van der Waals surface area contributed by atoms with E-state index in [2.05, 4.69) is 17.4 Å². The molecular formula is C18H20N2O2S. The van der Waals surface area contributed by atoms with E-state index in [1.54, 1.807) is 6.07 Å². The molecule has 0 unspecified atom stereocenters. The molecule has 4 nitrogen and oxygen atoms in total. The lowest BCUT2D eigenvalue weighted by molar-refractivity contribution is -0.132. The Morgan fingerprint density at radius 2 is 2.00 bits per heavy atom. The van der Waals surface area contributed by atoms with Gasteiger partial charge >= 0.3 is 0 Å². The lowest BCUT2D eigenvalue weighted by atomic mass is 9.99. The van der Waals surface area contributed by atoms with Crippen LogP contribution in [0.2, 0.25) is 0 Å². The SMILES string of the molecule is O=C(NCCCC(=O)N1CCc2ccccc2C1)c1ccsc1. The van der Waals surface area contributed by atoms with E-state index in [4.69, 9.17) is 0 Å². The third-order valence-electron chi connectivity index (χ3n) is 4.12. The third-order valence-corrected chi connectivity index (χ3v) is 4.80. The number of carbonyl (C=O) groups excluding carboxylic acids is 2. The summed E-state index contributed by atoms with van der Waals surface area (Å²) in [4.78, 5) is 26.0. The Balaban J connectivity index is 1.41. The van der Waals surface area contributed by atoms with Gasteiger partial charge in [0.05, 0.1) is 0 Å². The zero-order chi connectivity index (χ0) is 16.1. The summed E-state index contributed by atoms with van der Waals surface area (Å²) in [5.74, 6) is 0.106. The van der Waals surface area contributed by atoms with Gasteiger partial charge in [-0.3, -0.25) is 9.59 Å². The predicted molar refractivity (Wildman–Crippen MR) is 91.4 cm³/mol. The average Bonchev–Trinajstić information content (AvgIpc) is 3.12. The van der Waals surface area contributed by atoms with Crippen molar-refractivity contribution in [2.75, 3.05) is 13.1 Å². The van der Waals surface area contributed by atoms with E-state index in [1.807, 2.05) is 27.8 Å². The molecule has 1 aromatic heterocycles. The van der Waals surface area contributed by atoms with Crippen LogP contribution < -0.4 is 5.32 Å². The summed E-state index contributed by atoms with van der Waals surface area (Å²) >= 11 is 1.50. The van der Waals surface area contributed by atoms with Crippen LogP contribution in [0, 0.1) is 0 Å². The molecule has 0 saturated heterocycles. The van der Waals surface area contributed by atoms with Gasteiger partial charge in [0, 0.05) is 37.0 Å². The van der Waals surface area contributed by atoms with Gasteiger partial charge in [-0.05, 0) is 35.4 Å². The summed E-state index contributed by atoms with van der Waals surface area (Å²) in [7, 11) is 0. The summed E-state index contributed by atoms with van der Waals surface area (Å²) in [5.41, 5.74) is 3.28. The zero-order valence-electron chi connectivity index (χ0n) is 13.0. The smallest absolute Gasteiger partial charge is 0.252 e. The van der Waals surface area contributed by atoms with Crippen molar-refractivity contribution in [1.29, 1.82) is 0 Å². The van der Waals surface area contributed by atoms with Gasteiger partial charge in [0.15, 0.2) is 0 Å². The van der Waals surface area contributed by atoms with Crippen molar-refractivity contribution < 1.29 is 9.59 Å². The molecular weight excluding hydrogens is 308 g/mol. The molecule has 23 heavy (non-hydrogen) atoms. The first-order valence-corrected chi connectivity index (χ1v) is 8.83. The third kappa shape index (κ3) is 3.99. The highest BCUT2D eigenvalue weighted by Gasteiger charge is 2.19. The lowest BCUT2D eigenvalue weighted by Gasteiger charge is -2.29. The van der Waals surface area contributed by atoms with E-state index in [9.17, 15) is 9.59 Å². The van der Waals surface area contributed by atoms with Gasteiger partial charge in [-0.2, -0.15) is 11.3 Å². The number of fused-ring (bicyclic) bond motifs is 1. The quantitative estimate of drug-likeness (QED) is 0.858. The predicted octanol–water partition coefficient (Wildman–Crippen LogP) is 2.84. The summed E-state index contributed by atoms with van der Waals surface area (Å²) in [5, 5.41) is 6.56. The van der Waals surface area contributed by atoms with Gasteiger partial charge in [-0.15, -0.1) is 0 Å². The lowest BCUT2D eigenvalue weighted by Crippen LogP contribution is -2.36. The monoisotopic (exact) mass is 328 g/mol. The Morgan fingerprint density at radius 3 is 2.78 bits per heavy atom. The van der Waals surface area contributed by atoms with Gasteiger partial charge < -0.3 is 10.2 Å². The van der Waals surface area contributed by atoms with Gasteiger partial charge in [0.2, 0.25) is 5.91 Å². The summed E-state index contributed by atoms with van der Waals surface area (Å²) in [6.07, 6.45) is 2.08. The van der Waals surface area contributed by atoms with Crippen LogP contribution in [0.25, 0.3) is 0 Å². The van der Waals surface area contributed by atoms with Crippen molar-refractivity contribution >= 4 is 23.2 Å². The van der Waals surface area contributed by atoms with E-state index < -0.39 is 0 Å². The van der Waals surface area contributed by atoms with Crippen molar-refractivity contribution in [2.45, 2.75) is 25.8 Å². The van der Waals surface area contributed by atoms with Crippen LogP contribution in [0.4, 0.5) is 0 Å². The van der Waals surface area contributed by atoms with Gasteiger partial charge in [-0.25, -0.2) is 0 Å². The van der Waals surface area contributed by atoms with Crippen LogP contribution >= 0.6 is 11.3 Å².